The van der Waals surface area contributed by atoms with Gasteiger partial charge in [-0.25, -0.2) is 14.8 Å². The second kappa shape index (κ2) is 11.1. The molecule has 2 atom stereocenters. The molecule has 1 aromatic heterocycles. The zero-order chi connectivity index (χ0) is 28.5. The molecule has 2 aliphatic heterocycles. The molecular weight excluding hydrogens is 518 g/mol. The van der Waals surface area contributed by atoms with Gasteiger partial charge >= 0.3 is 6.09 Å². The number of allylic oxidation sites excluding steroid dienone is 1. The molecule has 1 saturated heterocycles. The number of thiazole rings is 1. The molecule has 0 bridgehead atoms. The highest BCUT2D eigenvalue weighted by Crippen LogP contribution is 2.38. The zero-order valence-electron chi connectivity index (χ0n) is 23.4. The Morgan fingerprint density at radius 3 is 2.51 bits per heavy atom. The van der Waals surface area contributed by atoms with Crippen molar-refractivity contribution in [3.05, 3.63) is 41.7 Å². The van der Waals surface area contributed by atoms with Crippen LogP contribution in [0.3, 0.4) is 0 Å². The lowest BCUT2D eigenvalue weighted by Gasteiger charge is -2.45. The lowest BCUT2D eigenvalue weighted by molar-refractivity contribution is -0.557. The third kappa shape index (κ3) is 6.12. The van der Waals surface area contributed by atoms with Crippen LogP contribution in [-0.4, -0.2) is 78.4 Å². The number of methoxy groups -OCH3 is 1. The normalized spacial score (nSPS) is 20.8. The number of dihydropyridines is 1. The number of hydrogen-bond donors (Lipinski definition) is 3. The molecule has 1 aromatic carbocycles. The van der Waals surface area contributed by atoms with E-state index < -0.39 is 5.60 Å². The number of carbonyl (C=O) groups excluding carboxylic acids is 2. The van der Waals surface area contributed by atoms with E-state index in [0.717, 1.165) is 10.4 Å². The van der Waals surface area contributed by atoms with Gasteiger partial charge in [-0.05, 0) is 58.9 Å². The minimum absolute atomic E-state index is 0.0890. The standard InChI is InChI=1S/C27H35N7O4S/c1-15-13-33(14-16(2)34(15)26(36)38-27(3,4)5)20-10-8-17(22-23(20)39-25(32-22)37-7)24(35)31-21-11-9-18(28)19(30-21)12-29-6/h8-12,15-16,28-29H,13-14H2,1-7H3,(H,30,31,35)/p+1/b19-12+,28-18?/t15-,16-/m0/s1. The van der Waals surface area contributed by atoms with Gasteiger partial charge < -0.3 is 25.0 Å². The molecular formula is C27H36N7O4S+. The molecule has 4 rings (SSSR count). The second-order valence-corrected chi connectivity index (χ2v) is 11.5. The first-order chi connectivity index (χ1) is 18.4. The van der Waals surface area contributed by atoms with E-state index in [1.54, 1.807) is 41.7 Å². The Bertz CT molecular complexity index is 1380. The Balaban J connectivity index is 1.62. The Morgan fingerprint density at radius 1 is 1.21 bits per heavy atom. The monoisotopic (exact) mass is 554 g/mol. The van der Waals surface area contributed by atoms with Crippen LogP contribution < -0.4 is 20.3 Å². The number of nitrogens with two attached hydrogens (primary N) is 1. The summed E-state index contributed by atoms with van der Waals surface area (Å²) >= 11 is 1.37. The molecule has 0 unspecified atom stereocenters. The minimum Gasteiger partial charge on any atom is -0.473 e. The van der Waals surface area contributed by atoms with Crippen molar-refractivity contribution >= 4 is 50.8 Å². The molecule has 0 saturated carbocycles. The van der Waals surface area contributed by atoms with E-state index in [9.17, 15) is 9.59 Å². The maximum absolute atomic E-state index is 13.3. The van der Waals surface area contributed by atoms with E-state index in [1.165, 1.54) is 11.3 Å². The maximum Gasteiger partial charge on any atom is 0.410 e. The molecule has 1 fully saturated rings. The summed E-state index contributed by atoms with van der Waals surface area (Å²) in [5.74, 6) is -0.00271. The molecule has 0 radical (unpaired) electrons. The van der Waals surface area contributed by atoms with Gasteiger partial charge in [0.2, 0.25) is 0 Å². The van der Waals surface area contributed by atoms with Crippen LogP contribution in [0.2, 0.25) is 0 Å². The third-order valence-electron chi connectivity index (χ3n) is 6.28. The van der Waals surface area contributed by atoms with E-state index in [-0.39, 0.29) is 29.8 Å². The number of hydrogen-bond acceptors (Lipinski definition) is 9. The summed E-state index contributed by atoms with van der Waals surface area (Å²) in [5, 5.41) is 13.1. The van der Waals surface area contributed by atoms with Crippen molar-refractivity contribution in [3.8, 4) is 5.19 Å². The fraction of sp³-hybridized carbons (Fsp3) is 0.444. The van der Waals surface area contributed by atoms with E-state index in [2.05, 4.69) is 20.2 Å². The van der Waals surface area contributed by atoms with E-state index in [1.807, 2.05) is 47.7 Å². The van der Waals surface area contributed by atoms with E-state index in [0.29, 0.717) is 40.9 Å². The first-order valence-corrected chi connectivity index (χ1v) is 13.6. The second-order valence-electron chi connectivity index (χ2n) is 10.6. The van der Waals surface area contributed by atoms with Crippen molar-refractivity contribution in [1.29, 1.82) is 5.41 Å². The molecule has 0 spiro atoms. The van der Waals surface area contributed by atoms with E-state index in [4.69, 9.17) is 14.9 Å². The van der Waals surface area contributed by atoms with Gasteiger partial charge in [0.15, 0.2) is 0 Å². The van der Waals surface area contributed by atoms with Gasteiger partial charge in [0.05, 0.1) is 47.9 Å². The predicted octanol–water partition coefficient (Wildman–Crippen LogP) is 2.89. The number of carbonyl (C=O) groups is 2. The smallest absolute Gasteiger partial charge is 0.410 e. The number of aliphatic imine (C=N–C) groups is 1. The van der Waals surface area contributed by atoms with Gasteiger partial charge in [-0.1, -0.05) is 11.3 Å². The number of amides is 2. The largest absolute Gasteiger partial charge is 0.473 e. The van der Waals surface area contributed by atoms with Crippen molar-refractivity contribution in [1.82, 2.24) is 15.2 Å². The van der Waals surface area contributed by atoms with Crippen LogP contribution >= 0.6 is 11.3 Å². The van der Waals surface area contributed by atoms with Gasteiger partial charge in [-0.2, -0.15) is 0 Å². The topological polar surface area (TPSA) is 137 Å². The van der Waals surface area contributed by atoms with Crippen molar-refractivity contribution in [2.45, 2.75) is 52.3 Å². The number of ether oxygens (including phenoxy) is 2. The first kappa shape index (κ1) is 28.2. The summed E-state index contributed by atoms with van der Waals surface area (Å²) < 4.78 is 11.9. The average Bonchev–Trinajstić information content (AvgIpc) is 3.28. The first-order valence-electron chi connectivity index (χ1n) is 12.8. The van der Waals surface area contributed by atoms with Gasteiger partial charge in [-0.3, -0.25) is 15.1 Å². The highest BCUT2D eigenvalue weighted by molar-refractivity contribution is 7.21. The Morgan fingerprint density at radius 2 is 1.90 bits per heavy atom. The Labute approximate surface area is 232 Å². The molecule has 4 N–H and O–H groups in total. The van der Waals surface area contributed by atoms with Crippen LogP contribution in [0, 0.1) is 5.41 Å². The highest BCUT2D eigenvalue weighted by atomic mass is 32.1. The van der Waals surface area contributed by atoms with E-state index >= 15 is 0 Å². The fourth-order valence-corrected chi connectivity index (χ4v) is 5.65. The van der Waals surface area contributed by atoms with Crippen LogP contribution in [0.15, 0.2) is 41.2 Å². The number of fused-ring (bicyclic) bond motifs is 1. The van der Waals surface area contributed by atoms with Gasteiger partial charge in [0.1, 0.15) is 28.9 Å². The zero-order valence-corrected chi connectivity index (χ0v) is 24.2. The number of nitrogens with one attached hydrogen (secondary N) is 2. The van der Waals surface area contributed by atoms with Crippen LogP contribution in [0.4, 0.5) is 10.5 Å². The predicted molar refractivity (Wildman–Crippen MR) is 153 cm³/mol. The molecule has 39 heavy (non-hydrogen) atoms. The van der Waals surface area contributed by atoms with Crippen LogP contribution in [-0.2, 0) is 4.74 Å². The minimum atomic E-state index is -0.567. The Hall–Kier alpha value is -3.77. The molecule has 2 aliphatic rings. The molecule has 11 nitrogen and oxygen atoms in total. The summed E-state index contributed by atoms with van der Waals surface area (Å²) in [4.78, 5) is 39.2. The molecule has 12 heteroatoms. The summed E-state index contributed by atoms with van der Waals surface area (Å²) in [6.07, 6.45) is 4.61. The highest BCUT2D eigenvalue weighted by Gasteiger charge is 2.36. The number of amidine groups is 1. The number of quaternary nitrogens is 1. The molecule has 3 heterocycles. The van der Waals surface area contributed by atoms with Crippen molar-refractivity contribution in [2.75, 3.05) is 32.1 Å². The number of aromatic nitrogens is 1. The fourth-order valence-electron chi connectivity index (χ4n) is 4.70. The Kier molecular flexibility index (Phi) is 8.07. The summed E-state index contributed by atoms with van der Waals surface area (Å²) in [6.45, 7) is 10.8. The van der Waals surface area contributed by atoms with Gasteiger partial charge in [0, 0.05) is 13.1 Å². The number of nitrogens with zero attached hydrogens (tertiary/aromatic N) is 4. The molecule has 208 valence electrons. The SMILES string of the molecule is C[NH2+]/C=C1/N=C(NC(=O)c2ccc(N3C[C@H](C)N(C(=O)OC(C)(C)C)[C@@H](C)C3)c3sc(OC)nc23)C=CC1=N. The lowest BCUT2D eigenvalue weighted by atomic mass is 10.1. The lowest BCUT2D eigenvalue weighted by Crippen LogP contribution is -2.73. The summed E-state index contributed by atoms with van der Waals surface area (Å²) in [5.41, 5.74) is 2.04. The maximum atomic E-state index is 13.3. The van der Waals surface area contributed by atoms with Crippen LogP contribution in [0.5, 0.6) is 5.19 Å². The average molecular weight is 555 g/mol. The van der Waals surface area contributed by atoms with Crippen molar-refractivity contribution in [2.24, 2.45) is 4.99 Å². The van der Waals surface area contributed by atoms with Crippen molar-refractivity contribution in [3.63, 3.8) is 0 Å². The third-order valence-corrected chi connectivity index (χ3v) is 7.32. The van der Waals surface area contributed by atoms with Crippen molar-refractivity contribution < 1.29 is 24.4 Å². The molecule has 0 aliphatic carbocycles. The number of benzene rings is 1. The quantitative estimate of drug-likeness (QED) is 0.532. The number of anilines is 1. The number of rotatable bonds is 4. The molecule has 2 aromatic rings. The van der Waals surface area contributed by atoms with Crippen LogP contribution in [0.25, 0.3) is 10.2 Å². The number of piperazine rings is 1. The summed E-state index contributed by atoms with van der Waals surface area (Å²) in [6, 6.07) is 3.50. The van der Waals surface area contributed by atoms with Gasteiger partial charge in [-0.15, -0.1) is 0 Å². The van der Waals surface area contributed by atoms with Gasteiger partial charge in [0.25, 0.3) is 11.1 Å². The summed E-state index contributed by atoms with van der Waals surface area (Å²) in [7, 11) is 3.40. The van der Waals surface area contributed by atoms with Crippen LogP contribution in [0.1, 0.15) is 45.0 Å². The molecule has 2 amide bonds.